The average molecular weight is 342 g/mol. The highest BCUT2D eigenvalue weighted by Gasteiger charge is 2.32. The maximum Gasteiger partial charge on any atom is 0.265 e. The van der Waals surface area contributed by atoms with E-state index in [-0.39, 0.29) is 4.90 Å². The molecule has 0 saturated carbocycles. The summed E-state index contributed by atoms with van der Waals surface area (Å²) in [7, 11) is -3.75. The summed E-state index contributed by atoms with van der Waals surface area (Å²) in [5, 5.41) is 1.01. The third-order valence-corrected chi connectivity index (χ3v) is 6.13. The molecule has 4 rings (SSSR count). The van der Waals surface area contributed by atoms with Crippen LogP contribution >= 0.6 is 0 Å². The Bertz CT molecular complexity index is 1050. The van der Waals surface area contributed by atoms with Crippen molar-refractivity contribution >= 4 is 26.7 Å². The number of hydrogen-bond acceptors (Lipinski definition) is 3. The second kappa shape index (κ2) is 5.27. The van der Waals surface area contributed by atoms with Crippen LogP contribution in [0.4, 0.5) is 10.2 Å². The summed E-state index contributed by atoms with van der Waals surface area (Å²) in [5.41, 5.74) is 2.72. The molecule has 4 nitrogen and oxygen atoms in total. The number of halogens is 1. The molecule has 1 aliphatic heterocycles. The van der Waals surface area contributed by atoms with Crippen molar-refractivity contribution in [3.63, 3.8) is 0 Å². The number of hydrogen-bond donors (Lipinski definition) is 0. The van der Waals surface area contributed by atoms with Gasteiger partial charge in [0.2, 0.25) is 0 Å². The zero-order chi connectivity index (χ0) is 16.9. The lowest BCUT2D eigenvalue weighted by atomic mass is 10.1. The van der Waals surface area contributed by atoms with Crippen LogP contribution in [-0.4, -0.2) is 19.9 Å². The molecule has 1 aromatic heterocycles. The molecule has 0 amide bonds. The van der Waals surface area contributed by atoms with Crippen molar-refractivity contribution in [2.75, 3.05) is 10.8 Å². The fraction of sp³-hybridized carbons (Fsp3) is 0.167. The number of benzene rings is 2. The molecule has 0 spiro atoms. The van der Waals surface area contributed by atoms with Gasteiger partial charge >= 0.3 is 0 Å². The van der Waals surface area contributed by atoms with E-state index in [1.807, 2.05) is 31.2 Å². The Hall–Kier alpha value is -2.47. The topological polar surface area (TPSA) is 50.3 Å². The second-order valence-corrected chi connectivity index (χ2v) is 7.76. The minimum Gasteiger partial charge on any atom is -0.249 e. The van der Waals surface area contributed by atoms with Gasteiger partial charge in [-0.1, -0.05) is 18.2 Å². The van der Waals surface area contributed by atoms with Crippen LogP contribution in [0.3, 0.4) is 0 Å². The number of aryl methyl sites for hydroxylation is 1. The number of rotatable bonds is 2. The molecule has 3 aromatic rings. The van der Waals surface area contributed by atoms with Crippen molar-refractivity contribution in [3.05, 3.63) is 65.5 Å². The van der Waals surface area contributed by atoms with Gasteiger partial charge in [-0.2, -0.15) is 0 Å². The van der Waals surface area contributed by atoms with Crippen LogP contribution in [0.5, 0.6) is 0 Å². The molecule has 6 heteroatoms. The highest BCUT2D eigenvalue weighted by Crippen LogP contribution is 2.34. The Labute approximate surface area is 139 Å². The Morgan fingerprint density at radius 3 is 2.62 bits per heavy atom. The minimum absolute atomic E-state index is 0.0726. The van der Waals surface area contributed by atoms with Crippen LogP contribution in [0.25, 0.3) is 10.9 Å². The molecule has 0 saturated heterocycles. The lowest BCUT2D eigenvalue weighted by molar-refractivity contribution is 0.591. The fourth-order valence-electron chi connectivity index (χ4n) is 3.08. The van der Waals surface area contributed by atoms with Crippen molar-refractivity contribution in [1.29, 1.82) is 0 Å². The van der Waals surface area contributed by atoms with Crippen molar-refractivity contribution < 1.29 is 12.8 Å². The van der Waals surface area contributed by atoms with E-state index in [4.69, 9.17) is 0 Å². The van der Waals surface area contributed by atoms with E-state index in [0.29, 0.717) is 18.8 Å². The lowest BCUT2D eigenvalue weighted by Gasteiger charge is -2.19. The zero-order valence-corrected chi connectivity index (χ0v) is 13.8. The molecule has 0 fully saturated rings. The highest BCUT2D eigenvalue weighted by molar-refractivity contribution is 7.92. The summed E-state index contributed by atoms with van der Waals surface area (Å²) >= 11 is 0. The molecular weight excluding hydrogens is 327 g/mol. The van der Waals surface area contributed by atoms with Gasteiger partial charge in [0.15, 0.2) is 0 Å². The van der Waals surface area contributed by atoms with E-state index in [0.717, 1.165) is 34.2 Å². The minimum atomic E-state index is -3.75. The summed E-state index contributed by atoms with van der Waals surface area (Å²) in [4.78, 5) is 4.69. The van der Waals surface area contributed by atoms with Crippen molar-refractivity contribution in [2.45, 2.75) is 18.2 Å². The van der Waals surface area contributed by atoms with Crippen LogP contribution in [0.2, 0.25) is 0 Å². The number of sulfonamides is 1. The van der Waals surface area contributed by atoms with Gasteiger partial charge in [0.05, 0.1) is 10.4 Å². The highest BCUT2D eigenvalue weighted by atomic mass is 32.2. The van der Waals surface area contributed by atoms with Crippen LogP contribution in [0.1, 0.15) is 11.1 Å². The fourth-order valence-corrected chi connectivity index (χ4v) is 4.53. The zero-order valence-electron chi connectivity index (χ0n) is 13.0. The summed E-state index contributed by atoms with van der Waals surface area (Å²) in [6.45, 7) is 2.30. The van der Waals surface area contributed by atoms with Crippen molar-refractivity contribution in [1.82, 2.24) is 4.98 Å². The van der Waals surface area contributed by atoms with Gasteiger partial charge in [0, 0.05) is 11.9 Å². The maximum absolute atomic E-state index is 13.1. The van der Waals surface area contributed by atoms with Crippen LogP contribution in [-0.2, 0) is 16.4 Å². The number of aromatic nitrogens is 1. The van der Waals surface area contributed by atoms with Gasteiger partial charge in [0.25, 0.3) is 10.0 Å². The summed E-state index contributed by atoms with van der Waals surface area (Å²) in [6.07, 6.45) is 0.618. The Balaban J connectivity index is 1.86. The molecule has 2 aromatic carbocycles. The third-order valence-electron chi connectivity index (χ3n) is 4.33. The molecule has 0 unspecified atom stereocenters. The van der Waals surface area contributed by atoms with E-state index in [1.165, 1.54) is 16.4 Å². The normalized spacial score (nSPS) is 14.2. The molecular formula is C18H15FN2O2S. The first-order chi connectivity index (χ1) is 11.5. The molecule has 2 heterocycles. The molecule has 0 bridgehead atoms. The average Bonchev–Trinajstić information content (AvgIpc) is 2.97. The number of fused-ring (bicyclic) bond motifs is 2. The molecule has 0 atom stereocenters. The third kappa shape index (κ3) is 2.26. The largest absolute Gasteiger partial charge is 0.265 e. The van der Waals surface area contributed by atoms with E-state index >= 15 is 0 Å². The quantitative estimate of drug-likeness (QED) is 0.717. The number of para-hydroxylation sites is 1. The molecule has 0 aliphatic carbocycles. The summed E-state index contributed by atoms with van der Waals surface area (Å²) in [5.74, 6) is 0.0108. The number of anilines is 1. The van der Waals surface area contributed by atoms with Crippen LogP contribution < -0.4 is 4.31 Å². The first-order valence-corrected chi connectivity index (χ1v) is 9.08. The van der Waals surface area contributed by atoms with E-state index in [1.54, 1.807) is 0 Å². The Morgan fingerprint density at radius 1 is 1.12 bits per heavy atom. The Morgan fingerprint density at radius 2 is 1.88 bits per heavy atom. The Kier molecular flexibility index (Phi) is 3.31. The van der Waals surface area contributed by atoms with Crippen LogP contribution in [0.15, 0.2) is 53.4 Å². The predicted molar refractivity (Wildman–Crippen MR) is 91.1 cm³/mol. The lowest BCUT2D eigenvalue weighted by Crippen LogP contribution is -2.29. The van der Waals surface area contributed by atoms with Gasteiger partial charge in [-0.3, -0.25) is 0 Å². The van der Waals surface area contributed by atoms with Gasteiger partial charge in [-0.15, -0.1) is 0 Å². The van der Waals surface area contributed by atoms with Crippen molar-refractivity contribution in [2.24, 2.45) is 0 Å². The van der Waals surface area contributed by atoms with Gasteiger partial charge < -0.3 is 0 Å². The number of nitrogens with zero attached hydrogens (tertiary/aromatic N) is 2. The molecule has 122 valence electrons. The molecule has 0 N–H and O–H groups in total. The van der Waals surface area contributed by atoms with Gasteiger partial charge in [-0.25, -0.2) is 22.1 Å². The SMILES string of the molecule is Cc1cccc2cc3c(nc12)N(S(=O)(=O)c1ccc(F)cc1)CC3. The molecule has 24 heavy (non-hydrogen) atoms. The first-order valence-electron chi connectivity index (χ1n) is 7.64. The van der Waals surface area contributed by atoms with E-state index in [9.17, 15) is 12.8 Å². The van der Waals surface area contributed by atoms with Gasteiger partial charge in [-0.05, 0) is 54.8 Å². The first kappa shape index (κ1) is 15.1. The monoisotopic (exact) mass is 342 g/mol. The van der Waals surface area contributed by atoms with E-state index < -0.39 is 15.8 Å². The van der Waals surface area contributed by atoms with Gasteiger partial charge in [0.1, 0.15) is 11.6 Å². The summed E-state index contributed by atoms with van der Waals surface area (Å²) in [6, 6.07) is 12.8. The predicted octanol–water partition coefficient (Wildman–Crippen LogP) is 3.43. The molecule has 1 aliphatic rings. The smallest absolute Gasteiger partial charge is 0.249 e. The maximum atomic E-state index is 13.1. The van der Waals surface area contributed by atoms with Crippen LogP contribution in [0, 0.1) is 12.7 Å². The van der Waals surface area contributed by atoms with Crippen molar-refractivity contribution in [3.8, 4) is 0 Å². The number of pyridine rings is 1. The molecule has 0 radical (unpaired) electrons. The second-order valence-electron chi connectivity index (χ2n) is 5.90. The summed E-state index contributed by atoms with van der Waals surface area (Å²) < 4.78 is 40.2. The van der Waals surface area contributed by atoms with E-state index in [2.05, 4.69) is 4.98 Å². The standard InChI is InChI=1S/C18H15FN2O2S/c1-12-3-2-4-13-11-14-9-10-21(18(14)20-17(12)13)24(22,23)16-7-5-15(19)6-8-16/h2-8,11H,9-10H2,1H3.